The second-order valence-electron chi connectivity index (χ2n) is 4.31. The molecule has 2 rings (SSSR count). The third kappa shape index (κ3) is 3.58. The molecule has 1 unspecified atom stereocenters. The summed E-state index contributed by atoms with van der Waals surface area (Å²) in [4.78, 5) is 17.9. The minimum Gasteiger partial charge on any atom is -0.313 e. The number of rotatable bonds is 4. The monoisotopic (exact) mass is 272 g/mol. The maximum absolute atomic E-state index is 12.3. The third-order valence-electron chi connectivity index (χ3n) is 2.92. The molecule has 1 amide bonds. The Morgan fingerprint density at radius 3 is 2.63 bits per heavy atom. The SMILES string of the molecule is CN(C(=O)C(S)Cc1ccccc1)c1cccnc1. The Morgan fingerprint density at radius 1 is 1.26 bits per heavy atom. The van der Waals surface area contributed by atoms with Crippen LogP contribution in [0, 0.1) is 0 Å². The quantitative estimate of drug-likeness (QED) is 0.868. The van der Waals surface area contributed by atoms with E-state index in [-0.39, 0.29) is 11.2 Å². The average Bonchev–Trinajstić information content (AvgIpc) is 2.47. The summed E-state index contributed by atoms with van der Waals surface area (Å²) in [7, 11) is 1.74. The van der Waals surface area contributed by atoms with Gasteiger partial charge in [-0.1, -0.05) is 30.3 Å². The first-order chi connectivity index (χ1) is 9.18. The van der Waals surface area contributed by atoms with Gasteiger partial charge in [-0.25, -0.2) is 0 Å². The van der Waals surface area contributed by atoms with Crippen LogP contribution in [0.2, 0.25) is 0 Å². The fourth-order valence-corrected chi connectivity index (χ4v) is 2.21. The van der Waals surface area contributed by atoms with Crippen molar-refractivity contribution < 1.29 is 4.79 Å². The molecule has 2 aromatic rings. The molecule has 0 bridgehead atoms. The van der Waals surface area contributed by atoms with Crippen LogP contribution in [0.4, 0.5) is 5.69 Å². The molecule has 0 aliphatic heterocycles. The van der Waals surface area contributed by atoms with Gasteiger partial charge in [0.15, 0.2) is 0 Å². The maximum Gasteiger partial charge on any atom is 0.239 e. The topological polar surface area (TPSA) is 33.2 Å². The van der Waals surface area contributed by atoms with Crippen molar-refractivity contribution in [1.29, 1.82) is 0 Å². The number of aromatic nitrogens is 1. The molecule has 1 atom stereocenters. The molecule has 0 N–H and O–H groups in total. The van der Waals surface area contributed by atoms with Crippen LogP contribution >= 0.6 is 12.6 Å². The molecular formula is C15H16N2OS. The summed E-state index contributed by atoms with van der Waals surface area (Å²) in [6.07, 6.45) is 3.97. The Bertz CT molecular complexity index is 530. The second-order valence-corrected chi connectivity index (χ2v) is 4.94. The third-order valence-corrected chi connectivity index (χ3v) is 3.32. The lowest BCUT2D eigenvalue weighted by molar-refractivity contribution is -0.117. The van der Waals surface area contributed by atoms with E-state index >= 15 is 0 Å². The van der Waals surface area contributed by atoms with Gasteiger partial charge in [-0.15, -0.1) is 0 Å². The van der Waals surface area contributed by atoms with Gasteiger partial charge in [0.2, 0.25) is 5.91 Å². The first-order valence-corrected chi connectivity index (χ1v) is 6.59. The molecule has 98 valence electrons. The highest BCUT2D eigenvalue weighted by molar-refractivity contribution is 7.81. The molecule has 0 aliphatic carbocycles. The number of nitrogens with zero attached hydrogens (tertiary/aromatic N) is 2. The highest BCUT2D eigenvalue weighted by Crippen LogP contribution is 2.15. The number of hydrogen-bond acceptors (Lipinski definition) is 3. The number of anilines is 1. The van der Waals surface area contributed by atoms with Gasteiger partial charge in [-0.3, -0.25) is 9.78 Å². The molecule has 0 saturated heterocycles. The van der Waals surface area contributed by atoms with E-state index in [2.05, 4.69) is 17.6 Å². The van der Waals surface area contributed by atoms with Crippen molar-refractivity contribution in [3.05, 3.63) is 60.4 Å². The summed E-state index contributed by atoms with van der Waals surface area (Å²) in [6, 6.07) is 13.6. The van der Waals surface area contributed by atoms with E-state index in [4.69, 9.17) is 0 Å². The van der Waals surface area contributed by atoms with Crippen molar-refractivity contribution in [1.82, 2.24) is 4.98 Å². The van der Waals surface area contributed by atoms with Crippen LogP contribution in [-0.2, 0) is 11.2 Å². The summed E-state index contributed by atoms with van der Waals surface area (Å²) >= 11 is 4.41. The summed E-state index contributed by atoms with van der Waals surface area (Å²) < 4.78 is 0. The number of carbonyl (C=O) groups is 1. The Balaban J connectivity index is 2.03. The van der Waals surface area contributed by atoms with Crippen molar-refractivity contribution in [3.63, 3.8) is 0 Å². The van der Waals surface area contributed by atoms with Gasteiger partial charge in [0.25, 0.3) is 0 Å². The Labute approximate surface area is 118 Å². The van der Waals surface area contributed by atoms with E-state index < -0.39 is 0 Å². The summed E-state index contributed by atoms with van der Waals surface area (Å²) in [5.41, 5.74) is 1.88. The van der Waals surface area contributed by atoms with E-state index in [1.165, 1.54) is 0 Å². The van der Waals surface area contributed by atoms with Crippen molar-refractivity contribution in [3.8, 4) is 0 Å². The minimum atomic E-state index is -0.354. The minimum absolute atomic E-state index is 0.0276. The number of pyridine rings is 1. The largest absolute Gasteiger partial charge is 0.313 e. The first-order valence-electron chi connectivity index (χ1n) is 6.08. The van der Waals surface area contributed by atoms with Crippen molar-refractivity contribution >= 4 is 24.2 Å². The van der Waals surface area contributed by atoms with Gasteiger partial charge in [0.1, 0.15) is 0 Å². The van der Waals surface area contributed by atoms with Crippen LogP contribution in [-0.4, -0.2) is 23.2 Å². The molecule has 0 saturated carbocycles. The second kappa shape index (κ2) is 6.38. The predicted molar refractivity (Wildman–Crippen MR) is 80.6 cm³/mol. The highest BCUT2D eigenvalue weighted by Gasteiger charge is 2.19. The van der Waals surface area contributed by atoms with Crippen LogP contribution in [0.5, 0.6) is 0 Å². The Kier molecular flexibility index (Phi) is 4.58. The molecule has 1 aromatic carbocycles. The zero-order valence-corrected chi connectivity index (χ0v) is 11.6. The lowest BCUT2D eigenvalue weighted by Crippen LogP contribution is -2.34. The fraction of sp³-hybridized carbons (Fsp3) is 0.200. The summed E-state index contributed by atoms with van der Waals surface area (Å²) in [5.74, 6) is -0.0276. The Morgan fingerprint density at radius 2 is 2.00 bits per heavy atom. The molecule has 0 spiro atoms. The number of benzene rings is 1. The van der Waals surface area contributed by atoms with Gasteiger partial charge in [-0.2, -0.15) is 12.6 Å². The van der Waals surface area contributed by atoms with Gasteiger partial charge in [0, 0.05) is 13.2 Å². The van der Waals surface area contributed by atoms with Gasteiger partial charge in [0.05, 0.1) is 17.1 Å². The molecule has 4 heteroatoms. The van der Waals surface area contributed by atoms with Crippen LogP contribution in [0.3, 0.4) is 0 Å². The molecule has 1 aromatic heterocycles. The first kappa shape index (κ1) is 13.6. The predicted octanol–water partition coefficient (Wildman–Crippen LogP) is 2.59. The van der Waals surface area contributed by atoms with Crippen LogP contribution < -0.4 is 4.90 Å². The van der Waals surface area contributed by atoms with E-state index in [0.717, 1.165) is 11.3 Å². The standard InChI is InChI=1S/C15H16N2OS/c1-17(13-8-5-9-16-11-13)15(18)14(19)10-12-6-3-2-4-7-12/h2-9,11,14,19H,10H2,1H3. The number of thiol groups is 1. The molecule has 19 heavy (non-hydrogen) atoms. The van der Waals surface area contributed by atoms with E-state index in [1.807, 2.05) is 42.5 Å². The molecular weight excluding hydrogens is 256 g/mol. The lowest BCUT2D eigenvalue weighted by Gasteiger charge is -2.20. The van der Waals surface area contributed by atoms with E-state index in [1.54, 1.807) is 24.3 Å². The fourth-order valence-electron chi connectivity index (χ4n) is 1.83. The zero-order valence-electron chi connectivity index (χ0n) is 10.7. The van der Waals surface area contributed by atoms with Crippen molar-refractivity contribution in [2.24, 2.45) is 0 Å². The van der Waals surface area contributed by atoms with Crippen LogP contribution in [0.15, 0.2) is 54.9 Å². The van der Waals surface area contributed by atoms with Crippen molar-refractivity contribution in [2.45, 2.75) is 11.7 Å². The molecule has 0 radical (unpaired) electrons. The number of amides is 1. The Hall–Kier alpha value is -1.81. The van der Waals surface area contributed by atoms with Crippen molar-refractivity contribution in [2.75, 3.05) is 11.9 Å². The van der Waals surface area contributed by atoms with E-state index in [9.17, 15) is 4.79 Å². The average molecular weight is 272 g/mol. The lowest BCUT2D eigenvalue weighted by atomic mass is 10.1. The summed E-state index contributed by atoms with van der Waals surface area (Å²) in [5, 5.41) is -0.354. The van der Waals surface area contributed by atoms with Crippen LogP contribution in [0.25, 0.3) is 0 Å². The normalized spacial score (nSPS) is 11.9. The van der Waals surface area contributed by atoms with Gasteiger partial charge < -0.3 is 4.90 Å². The number of carbonyl (C=O) groups excluding carboxylic acids is 1. The van der Waals surface area contributed by atoms with Gasteiger partial charge >= 0.3 is 0 Å². The smallest absolute Gasteiger partial charge is 0.239 e. The molecule has 0 aliphatic rings. The molecule has 3 nitrogen and oxygen atoms in total. The molecule has 0 fully saturated rings. The zero-order chi connectivity index (χ0) is 13.7. The van der Waals surface area contributed by atoms with E-state index in [0.29, 0.717) is 6.42 Å². The summed E-state index contributed by atoms with van der Waals surface area (Å²) in [6.45, 7) is 0. The number of hydrogen-bond donors (Lipinski definition) is 1. The van der Waals surface area contributed by atoms with Crippen LogP contribution in [0.1, 0.15) is 5.56 Å². The molecule has 1 heterocycles. The highest BCUT2D eigenvalue weighted by atomic mass is 32.1. The van der Waals surface area contributed by atoms with Gasteiger partial charge in [-0.05, 0) is 24.1 Å². The maximum atomic E-state index is 12.3.